The number of carbonyl (C=O) groups excluding carboxylic acids is 1. The van der Waals surface area contributed by atoms with Crippen molar-refractivity contribution in [2.45, 2.75) is 13.3 Å². The molecule has 0 radical (unpaired) electrons. The van der Waals surface area contributed by atoms with E-state index in [9.17, 15) is 13.2 Å². The number of amides is 1. The Morgan fingerprint density at radius 3 is 2.25 bits per heavy atom. The number of benzene rings is 1. The van der Waals surface area contributed by atoms with E-state index in [4.69, 9.17) is 23.2 Å². The topological polar surface area (TPSA) is 66.5 Å². The highest BCUT2D eigenvalue weighted by atomic mass is 35.5. The molecule has 0 heterocycles. The van der Waals surface area contributed by atoms with Gasteiger partial charge in [0.05, 0.1) is 11.9 Å². The molecule has 0 unspecified atom stereocenters. The zero-order chi connectivity index (χ0) is 15.3. The van der Waals surface area contributed by atoms with E-state index in [-0.39, 0.29) is 18.1 Å². The Bertz CT molecular complexity index is 570. The van der Waals surface area contributed by atoms with Gasteiger partial charge >= 0.3 is 0 Å². The zero-order valence-corrected chi connectivity index (χ0v) is 13.5. The number of sulfonamides is 1. The minimum atomic E-state index is -3.62. The van der Waals surface area contributed by atoms with Crippen molar-refractivity contribution in [3.8, 4) is 0 Å². The number of halogens is 2. The molecule has 20 heavy (non-hydrogen) atoms. The fraction of sp³-hybridized carbons (Fsp3) is 0.417. The summed E-state index contributed by atoms with van der Waals surface area (Å²) in [5, 5.41) is 3.22. The lowest BCUT2D eigenvalue weighted by atomic mass is 10.3. The van der Waals surface area contributed by atoms with Gasteiger partial charge in [-0.25, -0.2) is 8.42 Å². The molecule has 0 aromatic heterocycles. The maximum atomic E-state index is 11.8. The number of nitrogens with one attached hydrogen (secondary N) is 1. The zero-order valence-electron chi connectivity index (χ0n) is 11.2. The molecule has 1 rings (SSSR count). The van der Waals surface area contributed by atoms with Crippen LogP contribution in [0.15, 0.2) is 18.2 Å². The lowest BCUT2D eigenvalue weighted by Crippen LogP contribution is -2.40. The molecule has 1 aromatic carbocycles. The van der Waals surface area contributed by atoms with E-state index in [1.54, 1.807) is 0 Å². The summed E-state index contributed by atoms with van der Waals surface area (Å²) in [6.07, 6.45) is 1.79. The summed E-state index contributed by atoms with van der Waals surface area (Å²) in [5.41, 5.74) is 0.261. The highest BCUT2D eigenvalue weighted by molar-refractivity contribution is 7.92. The van der Waals surface area contributed by atoms with Gasteiger partial charge in [-0.2, -0.15) is 0 Å². The monoisotopic (exact) mass is 338 g/mol. The average molecular weight is 339 g/mol. The van der Waals surface area contributed by atoms with Crippen LogP contribution in [0.1, 0.15) is 13.3 Å². The van der Waals surface area contributed by atoms with Gasteiger partial charge in [-0.1, -0.05) is 30.1 Å². The molecule has 0 fully saturated rings. The third kappa shape index (κ3) is 5.19. The second-order valence-electron chi connectivity index (χ2n) is 4.25. The van der Waals surface area contributed by atoms with E-state index < -0.39 is 10.0 Å². The Morgan fingerprint density at radius 2 is 1.80 bits per heavy atom. The summed E-state index contributed by atoms with van der Waals surface area (Å²) >= 11 is 11.7. The number of nitrogens with zero attached hydrogens (tertiary/aromatic N) is 1. The van der Waals surface area contributed by atoms with Crippen LogP contribution in [0.2, 0.25) is 10.0 Å². The van der Waals surface area contributed by atoms with E-state index in [0.717, 1.165) is 17.0 Å². The minimum Gasteiger partial charge on any atom is -0.355 e. The predicted octanol–water partition coefficient (Wildman–Crippen LogP) is 2.29. The van der Waals surface area contributed by atoms with Crippen LogP contribution < -0.4 is 9.62 Å². The van der Waals surface area contributed by atoms with Gasteiger partial charge in [0.15, 0.2) is 0 Å². The maximum Gasteiger partial charge on any atom is 0.240 e. The Kier molecular flexibility index (Phi) is 6.10. The van der Waals surface area contributed by atoms with E-state index in [1.807, 2.05) is 6.92 Å². The van der Waals surface area contributed by atoms with Crippen molar-refractivity contribution in [1.29, 1.82) is 0 Å². The second kappa shape index (κ2) is 7.15. The third-order valence-electron chi connectivity index (χ3n) is 2.40. The number of hydrogen-bond acceptors (Lipinski definition) is 3. The molecule has 0 aliphatic carbocycles. The number of carbonyl (C=O) groups is 1. The lowest BCUT2D eigenvalue weighted by molar-refractivity contribution is -0.119. The van der Waals surface area contributed by atoms with Crippen LogP contribution in [0.4, 0.5) is 5.69 Å². The fourth-order valence-electron chi connectivity index (χ4n) is 1.53. The van der Waals surface area contributed by atoms with Gasteiger partial charge < -0.3 is 5.32 Å². The summed E-state index contributed by atoms with van der Waals surface area (Å²) < 4.78 is 24.6. The Morgan fingerprint density at radius 1 is 1.25 bits per heavy atom. The van der Waals surface area contributed by atoms with Crippen molar-refractivity contribution < 1.29 is 13.2 Å². The van der Waals surface area contributed by atoms with Gasteiger partial charge in [-0.3, -0.25) is 9.10 Å². The molecule has 8 heteroatoms. The summed E-state index contributed by atoms with van der Waals surface area (Å²) in [7, 11) is -3.62. The number of rotatable bonds is 6. The third-order valence-corrected chi connectivity index (χ3v) is 3.97. The molecule has 0 bridgehead atoms. The van der Waals surface area contributed by atoms with Gasteiger partial charge in [0.2, 0.25) is 15.9 Å². The molecule has 1 amide bonds. The number of hydrogen-bond donors (Lipinski definition) is 1. The van der Waals surface area contributed by atoms with Crippen molar-refractivity contribution in [3.63, 3.8) is 0 Å². The molecule has 112 valence electrons. The molecular formula is C12H16Cl2N2O3S. The van der Waals surface area contributed by atoms with Crippen LogP contribution in [-0.4, -0.2) is 33.7 Å². The highest BCUT2D eigenvalue weighted by Crippen LogP contribution is 2.26. The van der Waals surface area contributed by atoms with Crippen LogP contribution in [0.25, 0.3) is 0 Å². The first-order valence-corrected chi connectivity index (χ1v) is 8.55. The summed E-state index contributed by atoms with van der Waals surface area (Å²) in [5.74, 6) is -0.381. The van der Waals surface area contributed by atoms with Gasteiger partial charge in [-0.15, -0.1) is 0 Å². The van der Waals surface area contributed by atoms with Crippen molar-refractivity contribution in [1.82, 2.24) is 5.32 Å². The van der Waals surface area contributed by atoms with Crippen molar-refractivity contribution in [3.05, 3.63) is 28.2 Å². The summed E-state index contributed by atoms with van der Waals surface area (Å²) in [4.78, 5) is 11.7. The second-order valence-corrected chi connectivity index (χ2v) is 7.03. The quantitative estimate of drug-likeness (QED) is 0.865. The van der Waals surface area contributed by atoms with Gasteiger partial charge in [0.25, 0.3) is 0 Å². The average Bonchev–Trinajstić information content (AvgIpc) is 2.30. The van der Waals surface area contributed by atoms with E-state index in [0.29, 0.717) is 16.6 Å². The summed E-state index contributed by atoms with van der Waals surface area (Å²) in [6, 6.07) is 4.38. The Labute approximate surface area is 128 Å². The lowest BCUT2D eigenvalue weighted by Gasteiger charge is -2.22. The first-order chi connectivity index (χ1) is 9.24. The minimum absolute atomic E-state index is 0.261. The van der Waals surface area contributed by atoms with Crippen molar-refractivity contribution >= 4 is 44.8 Å². The molecule has 1 aromatic rings. The van der Waals surface area contributed by atoms with Crippen molar-refractivity contribution in [2.24, 2.45) is 0 Å². The first-order valence-electron chi connectivity index (χ1n) is 5.94. The molecule has 1 N–H and O–H groups in total. The predicted molar refractivity (Wildman–Crippen MR) is 82.0 cm³/mol. The Balaban J connectivity index is 3.04. The molecule has 0 atom stereocenters. The van der Waals surface area contributed by atoms with Crippen molar-refractivity contribution in [2.75, 3.05) is 23.7 Å². The fourth-order valence-corrected chi connectivity index (χ4v) is 2.89. The molecule has 0 aliphatic heterocycles. The van der Waals surface area contributed by atoms with Crippen LogP contribution in [0.5, 0.6) is 0 Å². The smallest absolute Gasteiger partial charge is 0.240 e. The van der Waals surface area contributed by atoms with E-state index in [2.05, 4.69) is 5.32 Å². The largest absolute Gasteiger partial charge is 0.355 e. The van der Waals surface area contributed by atoms with Crippen LogP contribution in [-0.2, 0) is 14.8 Å². The van der Waals surface area contributed by atoms with Gasteiger partial charge in [0, 0.05) is 16.6 Å². The maximum absolute atomic E-state index is 11.8. The Hall–Kier alpha value is -0.980. The molecular weight excluding hydrogens is 323 g/mol. The van der Waals surface area contributed by atoms with E-state index >= 15 is 0 Å². The van der Waals surface area contributed by atoms with Crippen LogP contribution in [0, 0.1) is 0 Å². The van der Waals surface area contributed by atoms with E-state index in [1.165, 1.54) is 18.2 Å². The van der Waals surface area contributed by atoms with Crippen LogP contribution >= 0.6 is 23.2 Å². The molecule has 0 spiro atoms. The molecule has 5 nitrogen and oxygen atoms in total. The number of anilines is 1. The van der Waals surface area contributed by atoms with Crippen LogP contribution in [0.3, 0.4) is 0 Å². The normalized spacial score (nSPS) is 11.2. The highest BCUT2D eigenvalue weighted by Gasteiger charge is 2.21. The first kappa shape index (κ1) is 17.1. The van der Waals surface area contributed by atoms with Gasteiger partial charge in [0.1, 0.15) is 6.54 Å². The molecule has 0 saturated heterocycles. The SMILES string of the molecule is CCCNC(=O)CN(c1cc(Cl)cc(Cl)c1)S(C)(=O)=O. The standard InChI is InChI=1S/C12H16Cl2N2O3S/c1-3-4-15-12(17)8-16(20(2,18)19)11-6-9(13)5-10(14)7-11/h5-7H,3-4,8H2,1-2H3,(H,15,17). The molecule has 0 aliphatic rings. The summed E-state index contributed by atoms with van der Waals surface area (Å²) in [6.45, 7) is 2.09. The molecule has 0 saturated carbocycles. The van der Waals surface area contributed by atoms with Gasteiger partial charge in [-0.05, 0) is 24.6 Å².